The first-order valence-corrected chi connectivity index (χ1v) is 12.6. The van der Waals surface area contributed by atoms with Gasteiger partial charge in [0.1, 0.15) is 17.0 Å². The van der Waals surface area contributed by atoms with Crippen molar-refractivity contribution in [2.24, 2.45) is 0 Å². The number of imidazole rings is 1. The fourth-order valence-electron chi connectivity index (χ4n) is 4.02. The van der Waals surface area contributed by atoms with E-state index in [9.17, 15) is 12.8 Å². The van der Waals surface area contributed by atoms with Gasteiger partial charge in [0.25, 0.3) is 0 Å². The molecule has 1 aromatic carbocycles. The number of nitrogens with one attached hydrogen (secondary N) is 3. The summed E-state index contributed by atoms with van der Waals surface area (Å²) in [5, 5.41) is 8.00. The fourth-order valence-corrected chi connectivity index (χ4v) is 4.56. The van der Waals surface area contributed by atoms with Crippen molar-refractivity contribution in [2.45, 2.75) is 0 Å². The molecule has 0 aliphatic carbocycles. The number of benzene rings is 1. The van der Waals surface area contributed by atoms with Crippen molar-refractivity contribution < 1.29 is 12.8 Å². The van der Waals surface area contributed by atoms with Crippen LogP contribution in [0, 0.1) is 5.82 Å². The molecule has 0 saturated heterocycles. The molecule has 0 aliphatic rings. The lowest BCUT2D eigenvalue weighted by Crippen LogP contribution is -2.09. The van der Waals surface area contributed by atoms with E-state index in [0.717, 1.165) is 11.8 Å². The summed E-state index contributed by atoms with van der Waals surface area (Å²) in [5.74, 6) is 0.132. The molecule has 0 saturated carbocycles. The first-order valence-electron chi connectivity index (χ1n) is 10.7. The van der Waals surface area contributed by atoms with Crippen molar-refractivity contribution in [1.82, 2.24) is 35.1 Å². The van der Waals surface area contributed by atoms with Crippen LogP contribution in [0.15, 0.2) is 67.3 Å². The molecule has 10 nitrogen and oxygen atoms in total. The third kappa shape index (κ3) is 4.03. The third-order valence-electron chi connectivity index (χ3n) is 5.54. The van der Waals surface area contributed by atoms with Gasteiger partial charge in [-0.1, -0.05) is 12.1 Å². The van der Waals surface area contributed by atoms with E-state index < -0.39 is 10.0 Å². The van der Waals surface area contributed by atoms with Crippen molar-refractivity contribution >= 4 is 37.9 Å². The zero-order chi connectivity index (χ0) is 24.9. The van der Waals surface area contributed by atoms with Crippen molar-refractivity contribution in [2.75, 3.05) is 11.0 Å². The summed E-state index contributed by atoms with van der Waals surface area (Å²) in [6, 6.07) is 11.6. The molecule has 0 radical (unpaired) electrons. The van der Waals surface area contributed by atoms with Crippen LogP contribution < -0.4 is 4.72 Å². The molecule has 6 aromatic rings. The maximum absolute atomic E-state index is 13.8. The molecule has 36 heavy (non-hydrogen) atoms. The average molecular weight is 501 g/mol. The number of sulfonamides is 1. The minimum absolute atomic E-state index is 0.338. The molecule has 178 valence electrons. The number of aromatic amines is 2. The zero-order valence-electron chi connectivity index (χ0n) is 18.7. The minimum atomic E-state index is -3.44. The maximum Gasteiger partial charge on any atom is 0.229 e. The summed E-state index contributed by atoms with van der Waals surface area (Å²) in [4.78, 5) is 20.9. The van der Waals surface area contributed by atoms with Crippen LogP contribution in [-0.2, 0) is 10.0 Å². The third-order valence-corrected chi connectivity index (χ3v) is 6.14. The molecule has 0 atom stereocenters. The van der Waals surface area contributed by atoms with Gasteiger partial charge in [-0.15, -0.1) is 0 Å². The van der Waals surface area contributed by atoms with E-state index in [1.807, 2.05) is 12.1 Å². The highest BCUT2D eigenvalue weighted by atomic mass is 32.2. The van der Waals surface area contributed by atoms with Crippen LogP contribution in [0.2, 0.25) is 0 Å². The molecule has 0 fully saturated rings. The molecule has 0 bridgehead atoms. The monoisotopic (exact) mass is 500 g/mol. The van der Waals surface area contributed by atoms with Crippen LogP contribution in [0.3, 0.4) is 0 Å². The highest BCUT2D eigenvalue weighted by Gasteiger charge is 2.17. The van der Waals surface area contributed by atoms with E-state index >= 15 is 0 Å². The van der Waals surface area contributed by atoms with Gasteiger partial charge in [0.15, 0.2) is 17.1 Å². The molecular weight excluding hydrogens is 483 g/mol. The van der Waals surface area contributed by atoms with E-state index in [4.69, 9.17) is 4.98 Å². The van der Waals surface area contributed by atoms with E-state index in [-0.39, 0.29) is 5.82 Å². The molecule has 12 heteroatoms. The van der Waals surface area contributed by atoms with Gasteiger partial charge in [0.05, 0.1) is 23.5 Å². The normalized spacial score (nSPS) is 11.8. The van der Waals surface area contributed by atoms with Gasteiger partial charge in [-0.3, -0.25) is 14.8 Å². The Balaban J connectivity index is 1.45. The molecule has 0 aliphatic heterocycles. The largest absolute Gasteiger partial charge is 0.321 e. The number of fused-ring (bicyclic) bond motifs is 2. The molecule has 0 unspecified atom stereocenters. The Hall–Kier alpha value is -4.71. The Morgan fingerprint density at radius 1 is 0.944 bits per heavy atom. The van der Waals surface area contributed by atoms with Gasteiger partial charge in [-0.2, -0.15) is 5.10 Å². The quantitative estimate of drug-likeness (QED) is 0.323. The number of anilines is 1. The lowest BCUT2D eigenvalue weighted by molar-refractivity contribution is 0.606. The maximum atomic E-state index is 13.8. The number of pyridine rings is 3. The second kappa shape index (κ2) is 8.20. The van der Waals surface area contributed by atoms with Crippen molar-refractivity contribution in [3.05, 3.63) is 73.1 Å². The van der Waals surface area contributed by atoms with Crippen LogP contribution in [0.25, 0.3) is 56.0 Å². The predicted octanol–water partition coefficient (Wildman–Crippen LogP) is 4.14. The first-order chi connectivity index (χ1) is 17.3. The Labute approximate surface area is 203 Å². The highest BCUT2D eigenvalue weighted by molar-refractivity contribution is 7.92. The molecule has 6 rings (SSSR count). The second-order valence-corrected chi connectivity index (χ2v) is 9.93. The predicted molar refractivity (Wildman–Crippen MR) is 134 cm³/mol. The molecule has 0 amide bonds. The number of H-pyrrole nitrogens is 2. The summed E-state index contributed by atoms with van der Waals surface area (Å²) in [6.45, 7) is 0. The van der Waals surface area contributed by atoms with E-state index in [0.29, 0.717) is 56.1 Å². The summed E-state index contributed by atoms with van der Waals surface area (Å²) in [7, 11) is -3.44. The molecule has 5 heterocycles. The Morgan fingerprint density at radius 3 is 2.64 bits per heavy atom. The number of halogens is 1. The number of hydrogen-bond acceptors (Lipinski definition) is 7. The SMILES string of the molecule is CS(=O)(=O)Nc1cncc(-c2cnc3[nH]nc(-c4nc5c(-c6cccc(F)c6)ccnc5[nH]4)c3c2)c1. The van der Waals surface area contributed by atoms with Gasteiger partial charge in [-0.05, 0) is 35.9 Å². The summed E-state index contributed by atoms with van der Waals surface area (Å²) >= 11 is 0. The van der Waals surface area contributed by atoms with E-state index in [1.54, 1.807) is 36.8 Å². The smallest absolute Gasteiger partial charge is 0.229 e. The highest BCUT2D eigenvalue weighted by Crippen LogP contribution is 2.32. The van der Waals surface area contributed by atoms with Gasteiger partial charge < -0.3 is 4.98 Å². The van der Waals surface area contributed by atoms with Gasteiger partial charge in [-0.25, -0.2) is 27.8 Å². The molecule has 0 spiro atoms. The fraction of sp³-hybridized carbons (Fsp3) is 0.0417. The van der Waals surface area contributed by atoms with Crippen LogP contribution in [0.5, 0.6) is 0 Å². The number of hydrogen-bond donors (Lipinski definition) is 3. The summed E-state index contributed by atoms with van der Waals surface area (Å²) in [6.07, 6.45) is 7.40. The van der Waals surface area contributed by atoms with Gasteiger partial charge >= 0.3 is 0 Å². The van der Waals surface area contributed by atoms with E-state index in [2.05, 4.69) is 34.9 Å². The van der Waals surface area contributed by atoms with Crippen molar-refractivity contribution in [1.29, 1.82) is 0 Å². The summed E-state index contributed by atoms with van der Waals surface area (Å²) in [5.41, 5.74) is 5.35. The summed E-state index contributed by atoms with van der Waals surface area (Å²) < 4.78 is 39.5. The lowest BCUT2D eigenvalue weighted by Gasteiger charge is -2.06. The van der Waals surface area contributed by atoms with Crippen molar-refractivity contribution in [3.63, 3.8) is 0 Å². The molecular formula is C24H17FN8O2S. The Morgan fingerprint density at radius 2 is 1.81 bits per heavy atom. The van der Waals surface area contributed by atoms with E-state index in [1.165, 1.54) is 18.3 Å². The molecule has 3 N–H and O–H groups in total. The average Bonchev–Trinajstić information content (AvgIpc) is 3.46. The second-order valence-electron chi connectivity index (χ2n) is 8.18. The van der Waals surface area contributed by atoms with Gasteiger partial charge in [0, 0.05) is 35.3 Å². The number of nitrogens with zero attached hydrogens (tertiary/aromatic N) is 5. The van der Waals surface area contributed by atoms with Crippen LogP contribution >= 0.6 is 0 Å². The molecule has 5 aromatic heterocycles. The Bertz CT molecular complexity index is 1880. The lowest BCUT2D eigenvalue weighted by atomic mass is 10.1. The minimum Gasteiger partial charge on any atom is -0.321 e. The number of aromatic nitrogens is 7. The van der Waals surface area contributed by atoms with Crippen LogP contribution in [-0.4, -0.2) is 49.8 Å². The Kier molecular flexibility index (Phi) is 4.97. The van der Waals surface area contributed by atoms with Crippen LogP contribution in [0.1, 0.15) is 0 Å². The topological polar surface area (TPSA) is 142 Å². The van der Waals surface area contributed by atoms with Gasteiger partial charge in [0.2, 0.25) is 10.0 Å². The van der Waals surface area contributed by atoms with Crippen LogP contribution in [0.4, 0.5) is 10.1 Å². The van der Waals surface area contributed by atoms with Crippen molar-refractivity contribution in [3.8, 4) is 33.8 Å². The first kappa shape index (κ1) is 21.8. The zero-order valence-corrected chi connectivity index (χ0v) is 19.5. The number of rotatable bonds is 5. The standard InChI is InChI=1S/C24H17FN8O2S/c1-36(34,35)33-17-8-14(10-26-12-17)15-9-19-21(31-32-22(19)28-11-15)24-29-20-18(5-6-27-23(20)30-24)13-3-2-4-16(25)7-13/h2-12,33H,1H3,(H,27,29,30)(H,28,31,32).